The molecule has 1 atom stereocenters. The van der Waals surface area contributed by atoms with Crippen LogP contribution >= 0.6 is 0 Å². The van der Waals surface area contributed by atoms with E-state index in [1.54, 1.807) is 0 Å². The molecular weight excluding hydrogens is 316 g/mol. The van der Waals surface area contributed by atoms with Gasteiger partial charge in [-0.05, 0) is 68.1 Å². The highest BCUT2D eigenvalue weighted by Crippen LogP contribution is 2.40. The summed E-state index contributed by atoms with van der Waals surface area (Å²) in [6.07, 6.45) is 7.62. The molecule has 0 spiro atoms. The van der Waals surface area contributed by atoms with Crippen molar-refractivity contribution in [2.45, 2.75) is 107 Å². The van der Waals surface area contributed by atoms with E-state index in [-0.39, 0.29) is 5.41 Å². The minimum atomic E-state index is -0.220. The molecule has 0 aliphatic carbocycles. The fourth-order valence-corrected chi connectivity index (χ4v) is 3.73. The minimum Gasteiger partial charge on any atom is -0.389 e. The first-order chi connectivity index (χ1) is 11.6. The first kappa shape index (κ1) is 25.0. The molecule has 0 aliphatic heterocycles. The lowest BCUT2D eigenvalue weighted by atomic mass is 9.70. The lowest BCUT2D eigenvalue weighted by Gasteiger charge is -2.35. The smallest absolute Gasteiger partial charge is 0.0686 e. The summed E-state index contributed by atoms with van der Waals surface area (Å²) in [4.78, 5) is 0. The van der Waals surface area contributed by atoms with Crippen LogP contribution in [-0.4, -0.2) is 6.54 Å². The van der Waals surface area contributed by atoms with Crippen molar-refractivity contribution in [1.29, 1.82) is 5.26 Å². The zero-order valence-electron chi connectivity index (χ0n) is 19.3. The average molecular weight is 363 g/mol. The van der Waals surface area contributed by atoms with Crippen LogP contribution in [0.4, 0.5) is 0 Å². The quantitative estimate of drug-likeness (QED) is 0.391. The van der Waals surface area contributed by atoms with Gasteiger partial charge in [-0.15, -0.1) is 0 Å². The molecule has 0 saturated carbocycles. The van der Waals surface area contributed by atoms with Crippen LogP contribution in [0.25, 0.3) is 0 Å². The second kappa shape index (κ2) is 9.82. The maximum atomic E-state index is 9.28. The van der Waals surface area contributed by atoms with Gasteiger partial charge in [0.05, 0.1) is 11.5 Å². The van der Waals surface area contributed by atoms with E-state index in [0.717, 1.165) is 37.9 Å². The molecule has 0 bridgehead atoms. The van der Waals surface area contributed by atoms with Gasteiger partial charge in [-0.3, -0.25) is 0 Å². The van der Waals surface area contributed by atoms with E-state index < -0.39 is 0 Å². The molecule has 0 aromatic rings. The summed E-state index contributed by atoms with van der Waals surface area (Å²) in [6.45, 7) is 25.9. The summed E-state index contributed by atoms with van der Waals surface area (Å²) in [5, 5.41) is 12.8. The molecule has 0 aromatic heterocycles. The van der Waals surface area contributed by atoms with Gasteiger partial charge >= 0.3 is 0 Å². The zero-order valence-corrected chi connectivity index (χ0v) is 19.3. The second-order valence-electron chi connectivity index (χ2n) is 11.4. The van der Waals surface area contributed by atoms with E-state index in [1.807, 2.05) is 6.92 Å². The van der Waals surface area contributed by atoms with E-state index in [2.05, 4.69) is 73.4 Å². The van der Waals surface area contributed by atoms with Gasteiger partial charge in [-0.2, -0.15) is 5.26 Å². The molecule has 0 rings (SSSR count). The van der Waals surface area contributed by atoms with Gasteiger partial charge in [-0.1, -0.05) is 62.0 Å². The summed E-state index contributed by atoms with van der Waals surface area (Å²) in [7, 11) is 0. The first-order valence-corrected chi connectivity index (χ1v) is 10.5. The summed E-state index contributed by atoms with van der Waals surface area (Å²) >= 11 is 0. The van der Waals surface area contributed by atoms with E-state index >= 15 is 0 Å². The molecule has 0 aromatic carbocycles. The third-order valence-electron chi connectivity index (χ3n) is 5.69. The topological polar surface area (TPSA) is 35.8 Å². The van der Waals surface area contributed by atoms with Crippen molar-refractivity contribution in [2.75, 3.05) is 6.54 Å². The minimum absolute atomic E-state index is 0.220. The van der Waals surface area contributed by atoms with Crippen molar-refractivity contribution in [2.24, 2.45) is 21.7 Å². The van der Waals surface area contributed by atoms with Crippen LogP contribution in [0.5, 0.6) is 0 Å². The predicted molar refractivity (Wildman–Crippen MR) is 116 cm³/mol. The Hall–Kier alpha value is -0.970. The Bertz CT molecular complexity index is 473. The van der Waals surface area contributed by atoms with Crippen molar-refractivity contribution in [1.82, 2.24) is 5.32 Å². The van der Waals surface area contributed by atoms with E-state index in [9.17, 15) is 5.26 Å². The summed E-state index contributed by atoms with van der Waals surface area (Å²) < 4.78 is 0. The van der Waals surface area contributed by atoms with Gasteiger partial charge in [0, 0.05) is 12.2 Å². The average Bonchev–Trinajstić information content (AvgIpc) is 2.48. The van der Waals surface area contributed by atoms with Crippen molar-refractivity contribution < 1.29 is 0 Å². The van der Waals surface area contributed by atoms with Crippen molar-refractivity contribution in [3.63, 3.8) is 0 Å². The SMILES string of the molecule is C=C(CCC(C)(C#N)CC)NCCC(C)(C)CCC(C)(C)CC(C)(C)C. The number of hydrogen-bond acceptors (Lipinski definition) is 2. The highest BCUT2D eigenvalue weighted by Gasteiger charge is 2.28. The fourth-order valence-electron chi connectivity index (χ4n) is 3.73. The number of hydrogen-bond donors (Lipinski definition) is 1. The fraction of sp³-hybridized carbons (Fsp3) is 0.875. The molecule has 0 radical (unpaired) electrons. The normalized spacial score (nSPS) is 15.2. The molecule has 26 heavy (non-hydrogen) atoms. The Balaban J connectivity index is 4.25. The highest BCUT2D eigenvalue weighted by atomic mass is 14.9. The number of nitrogens with one attached hydrogen (secondary N) is 1. The summed E-state index contributed by atoms with van der Waals surface area (Å²) in [5.41, 5.74) is 1.98. The Kier molecular flexibility index (Phi) is 9.45. The number of rotatable bonds is 12. The van der Waals surface area contributed by atoms with Crippen LogP contribution in [0.3, 0.4) is 0 Å². The van der Waals surface area contributed by atoms with E-state index in [1.165, 1.54) is 19.3 Å². The Morgan fingerprint density at radius 1 is 0.885 bits per heavy atom. The molecule has 0 heterocycles. The van der Waals surface area contributed by atoms with Gasteiger partial charge in [0.25, 0.3) is 0 Å². The maximum Gasteiger partial charge on any atom is 0.0686 e. The standard InChI is InChI=1S/C24H46N2/c1-11-24(10,19-25)13-12-20(2)26-17-16-22(6,7)14-15-23(8,9)18-21(3,4)5/h26H,2,11-18H2,1,3-10H3. The van der Waals surface area contributed by atoms with Crippen LogP contribution in [0.2, 0.25) is 0 Å². The predicted octanol–water partition coefficient (Wildman–Crippen LogP) is 7.47. The lowest BCUT2D eigenvalue weighted by molar-refractivity contribution is 0.163. The van der Waals surface area contributed by atoms with Crippen LogP contribution in [0.1, 0.15) is 107 Å². The molecular formula is C24H46N2. The third-order valence-corrected chi connectivity index (χ3v) is 5.69. The van der Waals surface area contributed by atoms with Gasteiger partial charge in [-0.25, -0.2) is 0 Å². The highest BCUT2D eigenvalue weighted by molar-refractivity contribution is 5.00. The van der Waals surface area contributed by atoms with Gasteiger partial charge < -0.3 is 5.32 Å². The van der Waals surface area contributed by atoms with Gasteiger partial charge in [0.15, 0.2) is 0 Å². The van der Waals surface area contributed by atoms with Gasteiger partial charge in [0.2, 0.25) is 0 Å². The maximum absolute atomic E-state index is 9.28. The van der Waals surface area contributed by atoms with Crippen molar-refractivity contribution in [3.05, 3.63) is 12.3 Å². The third kappa shape index (κ3) is 11.6. The molecule has 0 aliphatic rings. The Morgan fingerprint density at radius 2 is 1.42 bits per heavy atom. The summed E-state index contributed by atoms with van der Waals surface area (Å²) in [6, 6.07) is 2.44. The second-order valence-corrected chi connectivity index (χ2v) is 11.4. The van der Waals surface area contributed by atoms with Crippen molar-refractivity contribution in [3.8, 4) is 6.07 Å². The number of nitriles is 1. The largest absolute Gasteiger partial charge is 0.389 e. The first-order valence-electron chi connectivity index (χ1n) is 10.5. The zero-order chi connectivity index (χ0) is 20.6. The molecule has 0 saturated heterocycles. The molecule has 2 nitrogen and oxygen atoms in total. The Morgan fingerprint density at radius 3 is 1.88 bits per heavy atom. The molecule has 1 unspecified atom stereocenters. The molecule has 1 N–H and O–H groups in total. The van der Waals surface area contributed by atoms with Crippen LogP contribution in [0, 0.1) is 33.0 Å². The van der Waals surface area contributed by atoms with Crippen molar-refractivity contribution >= 4 is 0 Å². The molecule has 0 amide bonds. The van der Waals surface area contributed by atoms with Crippen LogP contribution in [-0.2, 0) is 0 Å². The molecule has 0 fully saturated rings. The summed E-state index contributed by atoms with van der Waals surface area (Å²) in [5.74, 6) is 0. The number of allylic oxidation sites excluding steroid dienone is 1. The van der Waals surface area contributed by atoms with E-state index in [0.29, 0.717) is 16.2 Å². The molecule has 152 valence electrons. The van der Waals surface area contributed by atoms with Crippen LogP contribution in [0.15, 0.2) is 12.3 Å². The lowest BCUT2D eigenvalue weighted by Crippen LogP contribution is -2.26. The van der Waals surface area contributed by atoms with E-state index in [4.69, 9.17) is 0 Å². The number of nitrogens with zero attached hydrogens (tertiary/aromatic N) is 1. The molecule has 2 heteroatoms. The van der Waals surface area contributed by atoms with Gasteiger partial charge in [0.1, 0.15) is 0 Å². The van der Waals surface area contributed by atoms with Crippen LogP contribution < -0.4 is 5.32 Å². The Labute approximate surface area is 164 Å². The monoisotopic (exact) mass is 362 g/mol.